The first kappa shape index (κ1) is 22.5. The molecule has 1 heterocycles. The fraction of sp³-hybridized carbons (Fsp3) is 0.375. The van der Waals surface area contributed by atoms with Gasteiger partial charge in [0.1, 0.15) is 23.2 Å². The van der Waals surface area contributed by atoms with Gasteiger partial charge in [0.25, 0.3) is 0 Å². The number of esters is 1. The summed E-state index contributed by atoms with van der Waals surface area (Å²) in [5, 5.41) is 0. The molecule has 0 saturated carbocycles. The minimum absolute atomic E-state index is 0.00227. The van der Waals surface area contributed by atoms with Crippen molar-refractivity contribution in [3.05, 3.63) is 52.8 Å². The molecule has 3 rings (SSSR count). The maximum atomic E-state index is 15.1. The van der Waals surface area contributed by atoms with Crippen molar-refractivity contribution in [1.29, 1.82) is 0 Å². The van der Waals surface area contributed by atoms with Crippen molar-refractivity contribution in [2.75, 3.05) is 21.3 Å². The molecule has 0 aliphatic carbocycles. The SMILES string of the molecule is COc1ccc(CC(OC(C)=O)c2ccc3c(c2OC)C=CC(C)(C)O3)c(F)c1OC. The van der Waals surface area contributed by atoms with Crippen LogP contribution in [0.25, 0.3) is 6.08 Å². The second kappa shape index (κ2) is 8.88. The predicted octanol–water partition coefficient (Wildman–Crippen LogP) is 4.88. The summed E-state index contributed by atoms with van der Waals surface area (Å²) in [6, 6.07) is 6.79. The maximum Gasteiger partial charge on any atom is 0.303 e. The number of carbonyl (C=O) groups excluding carboxylic acids is 1. The Morgan fingerprint density at radius 2 is 1.77 bits per heavy atom. The van der Waals surface area contributed by atoms with Crippen molar-refractivity contribution in [3.8, 4) is 23.0 Å². The second-order valence-electron chi connectivity index (χ2n) is 7.72. The monoisotopic (exact) mass is 430 g/mol. The van der Waals surface area contributed by atoms with Gasteiger partial charge in [-0.15, -0.1) is 0 Å². The van der Waals surface area contributed by atoms with Gasteiger partial charge >= 0.3 is 5.97 Å². The van der Waals surface area contributed by atoms with Crippen LogP contribution >= 0.6 is 0 Å². The van der Waals surface area contributed by atoms with E-state index in [0.717, 1.165) is 5.56 Å². The van der Waals surface area contributed by atoms with Crippen LogP contribution in [0.1, 0.15) is 43.6 Å². The Morgan fingerprint density at radius 1 is 1.06 bits per heavy atom. The maximum absolute atomic E-state index is 15.1. The van der Waals surface area contributed by atoms with Crippen LogP contribution in [0, 0.1) is 5.82 Å². The van der Waals surface area contributed by atoms with E-state index in [1.54, 1.807) is 24.3 Å². The predicted molar refractivity (Wildman–Crippen MR) is 114 cm³/mol. The molecule has 166 valence electrons. The first-order valence-corrected chi connectivity index (χ1v) is 9.86. The first-order chi connectivity index (χ1) is 14.7. The number of hydrogen-bond acceptors (Lipinski definition) is 6. The highest BCUT2D eigenvalue weighted by Gasteiger charge is 2.29. The first-order valence-electron chi connectivity index (χ1n) is 9.86. The van der Waals surface area contributed by atoms with Gasteiger partial charge in [0.2, 0.25) is 0 Å². The van der Waals surface area contributed by atoms with Crippen LogP contribution in [0.5, 0.6) is 23.0 Å². The average molecular weight is 430 g/mol. The number of ether oxygens (including phenoxy) is 5. The highest BCUT2D eigenvalue weighted by molar-refractivity contribution is 5.70. The van der Waals surface area contributed by atoms with Crippen molar-refractivity contribution in [1.82, 2.24) is 0 Å². The fourth-order valence-electron chi connectivity index (χ4n) is 3.63. The van der Waals surface area contributed by atoms with E-state index >= 15 is 4.39 Å². The highest BCUT2D eigenvalue weighted by atomic mass is 19.1. The Hall–Kier alpha value is -3.22. The van der Waals surface area contributed by atoms with E-state index in [0.29, 0.717) is 22.6 Å². The zero-order valence-corrected chi connectivity index (χ0v) is 18.6. The molecule has 0 aromatic heterocycles. The molecular weight excluding hydrogens is 403 g/mol. The van der Waals surface area contributed by atoms with E-state index in [9.17, 15) is 4.79 Å². The average Bonchev–Trinajstić information content (AvgIpc) is 2.72. The summed E-state index contributed by atoms with van der Waals surface area (Å²) < 4.78 is 42.6. The Balaban J connectivity index is 2.06. The van der Waals surface area contributed by atoms with E-state index in [-0.39, 0.29) is 17.9 Å². The van der Waals surface area contributed by atoms with E-state index < -0.39 is 23.5 Å². The van der Waals surface area contributed by atoms with Crippen LogP contribution in [0.2, 0.25) is 0 Å². The molecule has 2 aromatic carbocycles. The smallest absolute Gasteiger partial charge is 0.303 e. The molecule has 7 heteroatoms. The lowest BCUT2D eigenvalue weighted by Crippen LogP contribution is -2.27. The number of fused-ring (bicyclic) bond motifs is 1. The number of methoxy groups -OCH3 is 3. The topological polar surface area (TPSA) is 63.2 Å². The molecule has 0 N–H and O–H groups in total. The zero-order chi connectivity index (χ0) is 22.8. The molecule has 31 heavy (non-hydrogen) atoms. The second-order valence-corrected chi connectivity index (χ2v) is 7.72. The van der Waals surface area contributed by atoms with Crippen molar-refractivity contribution in [2.24, 2.45) is 0 Å². The van der Waals surface area contributed by atoms with Crippen LogP contribution < -0.4 is 18.9 Å². The normalized spacial score (nSPS) is 14.8. The van der Waals surface area contributed by atoms with Crippen molar-refractivity contribution < 1.29 is 32.9 Å². The zero-order valence-electron chi connectivity index (χ0n) is 18.6. The molecule has 1 aliphatic heterocycles. The Kier molecular flexibility index (Phi) is 6.43. The van der Waals surface area contributed by atoms with E-state index in [1.165, 1.54) is 28.3 Å². The molecule has 0 saturated heterocycles. The van der Waals surface area contributed by atoms with Crippen molar-refractivity contribution in [2.45, 2.75) is 38.9 Å². The van der Waals surface area contributed by atoms with Crippen LogP contribution in [0.15, 0.2) is 30.3 Å². The quantitative estimate of drug-likeness (QED) is 0.584. The summed E-state index contributed by atoms with van der Waals surface area (Å²) in [4.78, 5) is 11.9. The molecule has 0 amide bonds. The fourth-order valence-corrected chi connectivity index (χ4v) is 3.63. The van der Waals surface area contributed by atoms with Crippen LogP contribution in [-0.2, 0) is 16.0 Å². The van der Waals surface area contributed by atoms with Gasteiger partial charge in [-0.1, -0.05) is 6.07 Å². The summed E-state index contributed by atoms with van der Waals surface area (Å²) in [5.74, 6) is 0.393. The molecule has 1 atom stereocenters. The van der Waals surface area contributed by atoms with Gasteiger partial charge in [-0.05, 0) is 49.8 Å². The van der Waals surface area contributed by atoms with E-state index in [4.69, 9.17) is 23.7 Å². The third kappa shape index (κ3) is 4.60. The van der Waals surface area contributed by atoms with Gasteiger partial charge in [0.15, 0.2) is 17.3 Å². The number of benzene rings is 2. The Labute approximate surface area is 181 Å². The number of rotatable bonds is 7. The summed E-state index contributed by atoms with van der Waals surface area (Å²) in [6.45, 7) is 5.22. The van der Waals surface area contributed by atoms with Gasteiger partial charge in [0, 0.05) is 18.9 Å². The molecule has 0 spiro atoms. The van der Waals surface area contributed by atoms with Gasteiger partial charge in [-0.25, -0.2) is 4.39 Å². The van der Waals surface area contributed by atoms with Crippen molar-refractivity contribution >= 4 is 12.0 Å². The number of hydrogen-bond donors (Lipinski definition) is 0. The van der Waals surface area contributed by atoms with Crippen LogP contribution in [0.3, 0.4) is 0 Å². The van der Waals surface area contributed by atoms with E-state index in [2.05, 4.69) is 0 Å². The molecule has 0 bridgehead atoms. The third-order valence-corrected chi connectivity index (χ3v) is 5.04. The lowest BCUT2D eigenvalue weighted by atomic mass is 9.94. The van der Waals surface area contributed by atoms with Gasteiger partial charge in [0.05, 0.1) is 26.9 Å². The van der Waals surface area contributed by atoms with Gasteiger partial charge in [-0.3, -0.25) is 4.79 Å². The Bertz CT molecular complexity index is 1010. The Morgan fingerprint density at radius 3 is 2.39 bits per heavy atom. The highest BCUT2D eigenvalue weighted by Crippen LogP contribution is 2.43. The third-order valence-electron chi connectivity index (χ3n) is 5.04. The summed E-state index contributed by atoms with van der Waals surface area (Å²) in [7, 11) is 4.34. The summed E-state index contributed by atoms with van der Waals surface area (Å²) >= 11 is 0. The van der Waals surface area contributed by atoms with E-state index in [1.807, 2.05) is 26.0 Å². The van der Waals surface area contributed by atoms with Crippen LogP contribution in [0.4, 0.5) is 4.39 Å². The lowest BCUT2D eigenvalue weighted by Gasteiger charge is -2.30. The summed E-state index contributed by atoms with van der Waals surface area (Å²) in [6.07, 6.45) is 3.14. The molecule has 6 nitrogen and oxygen atoms in total. The molecule has 0 fully saturated rings. The van der Waals surface area contributed by atoms with Crippen LogP contribution in [-0.4, -0.2) is 32.9 Å². The largest absolute Gasteiger partial charge is 0.496 e. The van der Waals surface area contributed by atoms with Gasteiger partial charge < -0.3 is 23.7 Å². The van der Waals surface area contributed by atoms with Crippen molar-refractivity contribution in [3.63, 3.8) is 0 Å². The summed E-state index contributed by atoms with van der Waals surface area (Å²) in [5.41, 5.74) is 1.22. The molecular formula is C24H27FO6. The molecule has 0 radical (unpaired) electrons. The molecule has 1 unspecified atom stereocenters. The standard InChI is InChI=1S/C24H27FO6/c1-14(26)30-20(13-15-7-9-19(27-4)23(29-6)21(15)25)16-8-10-18-17(22(16)28-5)11-12-24(2,3)31-18/h7-12,20H,13H2,1-6H3. The minimum atomic E-state index is -0.784. The van der Waals surface area contributed by atoms with Gasteiger partial charge in [-0.2, -0.15) is 0 Å². The number of carbonyl (C=O) groups is 1. The minimum Gasteiger partial charge on any atom is -0.496 e. The number of halogens is 1. The molecule has 2 aromatic rings. The molecule has 1 aliphatic rings. The lowest BCUT2D eigenvalue weighted by molar-refractivity contribution is -0.146.